The molecule has 68 heavy (non-hydrogen) atoms. The Bertz CT molecular complexity index is 2280. The summed E-state index contributed by atoms with van der Waals surface area (Å²) in [4.78, 5) is 33.7. The molecule has 0 amide bonds. The van der Waals surface area contributed by atoms with E-state index >= 15 is 0 Å². The first-order valence-electron chi connectivity index (χ1n) is 25.8. The molecule has 14 heteroatoms. The van der Waals surface area contributed by atoms with Crippen LogP contribution in [0.3, 0.4) is 0 Å². The van der Waals surface area contributed by atoms with Crippen LogP contribution in [-0.4, -0.2) is 172 Å². The zero-order chi connectivity index (χ0) is 47.0. The molecule has 2 saturated carbocycles. The van der Waals surface area contributed by atoms with Crippen molar-refractivity contribution in [3.63, 3.8) is 0 Å². The van der Waals surface area contributed by atoms with Gasteiger partial charge in [0.1, 0.15) is 23.1 Å². The summed E-state index contributed by atoms with van der Waals surface area (Å²) in [6.07, 6.45) is 17.1. The van der Waals surface area contributed by atoms with E-state index in [1.54, 1.807) is 14.2 Å². The molecular formula is C54H76N12O2. The molecule has 2 aromatic heterocycles. The lowest BCUT2D eigenvalue weighted by Gasteiger charge is -2.33. The van der Waals surface area contributed by atoms with Crippen molar-refractivity contribution < 1.29 is 9.47 Å². The van der Waals surface area contributed by atoms with Gasteiger partial charge in [0.15, 0.2) is 0 Å². The Labute approximate surface area is 405 Å². The highest BCUT2D eigenvalue weighted by molar-refractivity contribution is 5.94. The summed E-state index contributed by atoms with van der Waals surface area (Å²) in [6.45, 7) is 11.6. The van der Waals surface area contributed by atoms with E-state index in [1.807, 2.05) is 38.0 Å². The Morgan fingerprint density at radius 1 is 0.529 bits per heavy atom. The predicted octanol–water partition coefficient (Wildman–Crippen LogP) is 7.16. The summed E-state index contributed by atoms with van der Waals surface area (Å²) in [7, 11) is 11.4. The number of ether oxygens (including phenoxy) is 2. The highest BCUT2D eigenvalue weighted by atomic mass is 16.5. The van der Waals surface area contributed by atoms with Crippen LogP contribution in [0.2, 0.25) is 0 Å². The maximum atomic E-state index is 5.74. The fourth-order valence-electron chi connectivity index (χ4n) is 10.3. The largest absolute Gasteiger partial charge is 0.495 e. The van der Waals surface area contributed by atoms with Gasteiger partial charge in [-0.25, -0.2) is 9.97 Å². The van der Waals surface area contributed by atoms with E-state index in [9.17, 15) is 0 Å². The molecule has 0 spiro atoms. The second-order valence-corrected chi connectivity index (χ2v) is 20.2. The van der Waals surface area contributed by atoms with Gasteiger partial charge in [0.05, 0.1) is 36.4 Å². The van der Waals surface area contributed by atoms with E-state index in [0.29, 0.717) is 24.0 Å². The first kappa shape index (κ1) is 47.9. The highest BCUT2D eigenvalue weighted by Crippen LogP contribution is 2.35. The van der Waals surface area contributed by atoms with E-state index in [1.165, 1.54) is 104 Å². The summed E-state index contributed by atoms with van der Waals surface area (Å²) >= 11 is 0. The van der Waals surface area contributed by atoms with Gasteiger partial charge in [-0.05, 0) is 127 Å². The predicted molar refractivity (Wildman–Crippen MR) is 278 cm³/mol. The summed E-state index contributed by atoms with van der Waals surface area (Å²) in [5.41, 5.74) is 3.59. The first-order valence-corrected chi connectivity index (χ1v) is 25.8. The molecule has 6 fully saturated rings. The molecule has 4 aliphatic heterocycles. The number of anilines is 4. The zero-order valence-corrected chi connectivity index (χ0v) is 41.9. The van der Waals surface area contributed by atoms with Crippen molar-refractivity contribution in [3.8, 4) is 35.2 Å². The van der Waals surface area contributed by atoms with Crippen LogP contribution in [0, 0.1) is 23.7 Å². The molecule has 14 nitrogen and oxygen atoms in total. The number of hydrogen-bond donors (Lipinski definition) is 2. The van der Waals surface area contributed by atoms with Crippen molar-refractivity contribution in [1.29, 1.82) is 0 Å². The molecular weight excluding hydrogens is 849 g/mol. The number of rotatable bonds is 14. The highest BCUT2D eigenvalue weighted by Gasteiger charge is 2.33. The van der Waals surface area contributed by atoms with Gasteiger partial charge < -0.3 is 49.5 Å². The molecule has 4 aromatic rings. The van der Waals surface area contributed by atoms with Crippen LogP contribution in [0.1, 0.15) is 101 Å². The third-order valence-electron chi connectivity index (χ3n) is 14.6. The smallest absolute Gasteiger partial charge is 0.227 e. The molecule has 2 N–H and O–H groups in total. The average Bonchev–Trinajstić information content (AvgIpc) is 4.28. The molecule has 2 aliphatic carbocycles. The van der Waals surface area contributed by atoms with Crippen LogP contribution in [0.25, 0.3) is 21.8 Å². The number of nitrogens with one attached hydrogen (secondary N) is 2. The van der Waals surface area contributed by atoms with E-state index in [0.717, 1.165) is 120 Å². The van der Waals surface area contributed by atoms with Crippen molar-refractivity contribution in [3.05, 3.63) is 35.4 Å². The zero-order valence-electron chi connectivity index (χ0n) is 41.9. The van der Waals surface area contributed by atoms with Gasteiger partial charge >= 0.3 is 0 Å². The quantitative estimate of drug-likeness (QED) is 0.125. The van der Waals surface area contributed by atoms with Crippen molar-refractivity contribution in [2.45, 2.75) is 114 Å². The molecule has 0 radical (unpaired) electrons. The van der Waals surface area contributed by atoms with E-state index in [4.69, 9.17) is 29.4 Å². The van der Waals surface area contributed by atoms with E-state index in [-0.39, 0.29) is 0 Å². The van der Waals surface area contributed by atoms with Crippen LogP contribution < -0.4 is 29.9 Å². The maximum absolute atomic E-state index is 5.74. The van der Waals surface area contributed by atoms with Crippen LogP contribution in [-0.2, 0) is 0 Å². The Morgan fingerprint density at radius 2 is 0.912 bits per heavy atom. The van der Waals surface area contributed by atoms with Crippen LogP contribution in [0.4, 0.5) is 23.5 Å². The van der Waals surface area contributed by atoms with Crippen LogP contribution in [0.15, 0.2) is 24.3 Å². The summed E-state index contributed by atoms with van der Waals surface area (Å²) in [5.74, 6) is 18.2. The fourth-order valence-corrected chi connectivity index (χ4v) is 10.3. The molecule has 0 unspecified atom stereocenters. The third-order valence-corrected chi connectivity index (χ3v) is 14.6. The molecule has 2 aromatic carbocycles. The van der Waals surface area contributed by atoms with Gasteiger partial charge in [-0.3, -0.25) is 0 Å². The number of hydrogen-bond acceptors (Lipinski definition) is 14. The summed E-state index contributed by atoms with van der Waals surface area (Å²) in [5, 5.41) is 9.49. The Balaban J connectivity index is 0.000000170. The van der Waals surface area contributed by atoms with Gasteiger partial charge in [-0.1, -0.05) is 23.7 Å². The Kier molecular flexibility index (Phi) is 15.9. The van der Waals surface area contributed by atoms with Crippen LogP contribution >= 0.6 is 0 Å². The first-order chi connectivity index (χ1) is 33.2. The lowest BCUT2D eigenvalue weighted by molar-refractivity contribution is 0.210. The number of benzene rings is 2. The van der Waals surface area contributed by atoms with Gasteiger partial charge in [0, 0.05) is 115 Å². The van der Waals surface area contributed by atoms with Gasteiger partial charge in [0.2, 0.25) is 11.9 Å². The van der Waals surface area contributed by atoms with Crippen molar-refractivity contribution in [2.24, 2.45) is 0 Å². The molecule has 10 rings (SSSR count). The standard InChI is InChI=1S/2C27H38N6O/c2*1-31(2)27-29-24-18-20(8-4-5-13-32-14-6-7-15-32)25(34-3)19-23(24)26(30-27)28-21-11-16-33(17-12-21)22-9-10-22/h2*18-19,21-22H,5-7,9-17H2,1-3H3,(H,28,29,30). The van der Waals surface area contributed by atoms with Crippen molar-refractivity contribution in [1.82, 2.24) is 39.5 Å². The minimum absolute atomic E-state index is 0.430. The number of likely N-dealkylation sites (tertiary alicyclic amines) is 4. The fraction of sp³-hybridized carbons (Fsp3) is 0.630. The molecule has 0 atom stereocenters. The number of aromatic nitrogens is 4. The second-order valence-electron chi connectivity index (χ2n) is 20.2. The van der Waals surface area contributed by atoms with Crippen LogP contribution in [0.5, 0.6) is 11.5 Å². The van der Waals surface area contributed by atoms with Crippen molar-refractivity contribution in [2.75, 3.05) is 128 Å². The molecule has 0 bridgehead atoms. The van der Waals surface area contributed by atoms with Crippen molar-refractivity contribution >= 4 is 45.3 Å². The third kappa shape index (κ3) is 12.4. The monoisotopic (exact) mass is 925 g/mol. The minimum atomic E-state index is 0.430. The number of fused-ring (bicyclic) bond motifs is 2. The van der Waals surface area contributed by atoms with E-state index in [2.05, 4.69) is 78.2 Å². The number of piperidine rings is 2. The van der Waals surface area contributed by atoms with Gasteiger partial charge in [0.25, 0.3) is 0 Å². The average molecular weight is 925 g/mol. The lowest BCUT2D eigenvalue weighted by Crippen LogP contribution is -2.40. The number of methoxy groups -OCH3 is 2. The normalized spacial score (nSPS) is 19.7. The maximum Gasteiger partial charge on any atom is 0.227 e. The Hall–Kier alpha value is -5.12. The summed E-state index contributed by atoms with van der Waals surface area (Å²) < 4.78 is 11.5. The van der Waals surface area contributed by atoms with Gasteiger partial charge in [-0.2, -0.15) is 9.97 Å². The molecule has 364 valence electrons. The van der Waals surface area contributed by atoms with Gasteiger partial charge in [-0.15, -0.1) is 0 Å². The SMILES string of the molecule is COc1cc2c(NC3CCN(C4CC4)CC3)nc(N(C)C)nc2cc1C#CCCN1CCCC1.COc1cc2c(NC3CCN(C4CC4)CC3)nc(N(C)C)nc2cc1C#CCCN1CCCC1. The topological polar surface area (TPSA) is 114 Å². The number of nitrogens with zero attached hydrogens (tertiary/aromatic N) is 10. The second kappa shape index (κ2) is 22.5. The molecule has 6 heterocycles. The molecule has 6 aliphatic rings. The van der Waals surface area contributed by atoms with E-state index < -0.39 is 0 Å². The minimum Gasteiger partial charge on any atom is -0.495 e. The summed E-state index contributed by atoms with van der Waals surface area (Å²) in [6, 6.07) is 10.8. The Morgan fingerprint density at radius 3 is 1.25 bits per heavy atom. The molecule has 4 saturated heterocycles. The lowest BCUT2D eigenvalue weighted by atomic mass is 10.0.